The smallest absolute Gasteiger partial charge is 0.338 e. The van der Waals surface area contributed by atoms with E-state index in [2.05, 4.69) is 33.7 Å². The SMILES string of the molecule is CCOc1ccccc1[C@@H]1NC(=O)NC(CN2CCc3ccccc3C2)=C1C(=O)OC. The molecule has 0 aliphatic carbocycles. The molecule has 7 nitrogen and oxygen atoms in total. The Morgan fingerprint density at radius 1 is 1.13 bits per heavy atom. The lowest BCUT2D eigenvalue weighted by atomic mass is 9.93. The van der Waals surface area contributed by atoms with Gasteiger partial charge in [-0.25, -0.2) is 9.59 Å². The number of rotatable bonds is 6. The Morgan fingerprint density at radius 3 is 2.65 bits per heavy atom. The number of carbonyl (C=O) groups is 2. The summed E-state index contributed by atoms with van der Waals surface area (Å²) in [5.41, 5.74) is 4.30. The predicted octanol–water partition coefficient (Wildman–Crippen LogP) is 2.92. The fourth-order valence-electron chi connectivity index (χ4n) is 4.25. The number of methoxy groups -OCH3 is 1. The summed E-state index contributed by atoms with van der Waals surface area (Å²) in [5.74, 6) is 0.154. The van der Waals surface area contributed by atoms with Gasteiger partial charge in [-0.2, -0.15) is 0 Å². The van der Waals surface area contributed by atoms with Crippen LogP contribution >= 0.6 is 0 Å². The van der Waals surface area contributed by atoms with E-state index in [9.17, 15) is 9.59 Å². The van der Waals surface area contributed by atoms with Crippen LogP contribution in [0.3, 0.4) is 0 Å². The Kier molecular flexibility index (Phi) is 6.23. The van der Waals surface area contributed by atoms with Crippen LogP contribution in [0.1, 0.15) is 29.7 Å². The molecule has 2 N–H and O–H groups in total. The molecule has 2 aromatic carbocycles. The van der Waals surface area contributed by atoms with E-state index in [0.717, 1.165) is 25.1 Å². The highest BCUT2D eigenvalue weighted by Gasteiger charge is 2.35. The summed E-state index contributed by atoms with van der Waals surface area (Å²) in [5, 5.41) is 5.72. The third-order valence-electron chi connectivity index (χ3n) is 5.68. The van der Waals surface area contributed by atoms with Crippen LogP contribution in [0, 0.1) is 0 Å². The van der Waals surface area contributed by atoms with E-state index >= 15 is 0 Å². The Bertz CT molecular complexity index is 1020. The van der Waals surface area contributed by atoms with Crippen LogP contribution in [0.15, 0.2) is 59.8 Å². The molecule has 0 spiro atoms. The Labute approximate surface area is 182 Å². The van der Waals surface area contributed by atoms with Gasteiger partial charge in [-0.1, -0.05) is 42.5 Å². The van der Waals surface area contributed by atoms with Gasteiger partial charge < -0.3 is 20.1 Å². The van der Waals surface area contributed by atoms with Crippen LogP contribution in [-0.4, -0.2) is 43.7 Å². The van der Waals surface area contributed by atoms with Crippen molar-refractivity contribution in [3.63, 3.8) is 0 Å². The number of nitrogens with one attached hydrogen (secondary N) is 2. The largest absolute Gasteiger partial charge is 0.494 e. The first-order chi connectivity index (χ1) is 15.1. The van der Waals surface area contributed by atoms with Gasteiger partial charge in [0.25, 0.3) is 0 Å². The molecule has 7 heteroatoms. The molecule has 31 heavy (non-hydrogen) atoms. The van der Waals surface area contributed by atoms with Crippen molar-refractivity contribution in [2.45, 2.75) is 25.9 Å². The first-order valence-corrected chi connectivity index (χ1v) is 10.5. The first-order valence-electron chi connectivity index (χ1n) is 10.5. The van der Waals surface area contributed by atoms with E-state index in [4.69, 9.17) is 9.47 Å². The minimum absolute atomic E-state index is 0.351. The van der Waals surface area contributed by atoms with E-state index in [-0.39, 0.29) is 6.03 Å². The van der Waals surface area contributed by atoms with Crippen molar-refractivity contribution >= 4 is 12.0 Å². The normalized spacial score (nSPS) is 18.6. The lowest BCUT2D eigenvalue weighted by molar-refractivity contribution is -0.136. The van der Waals surface area contributed by atoms with Gasteiger partial charge in [-0.3, -0.25) is 4.90 Å². The topological polar surface area (TPSA) is 79.9 Å². The average molecular weight is 421 g/mol. The molecule has 0 saturated carbocycles. The van der Waals surface area contributed by atoms with E-state index in [0.29, 0.717) is 30.2 Å². The summed E-state index contributed by atoms with van der Waals surface area (Å²) < 4.78 is 10.9. The lowest BCUT2D eigenvalue weighted by Gasteiger charge is -2.34. The van der Waals surface area contributed by atoms with Gasteiger partial charge in [0.05, 0.1) is 25.3 Å². The highest BCUT2D eigenvalue weighted by molar-refractivity contribution is 5.95. The summed E-state index contributed by atoms with van der Waals surface area (Å²) in [6, 6.07) is 14.8. The van der Waals surface area contributed by atoms with Gasteiger partial charge in [0.1, 0.15) is 5.75 Å². The molecule has 2 aliphatic heterocycles. The van der Waals surface area contributed by atoms with Crippen molar-refractivity contribution in [3.05, 3.63) is 76.5 Å². The number of hydrogen-bond donors (Lipinski definition) is 2. The van der Waals surface area contributed by atoms with Crippen LogP contribution < -0.4 is 15.4 Å². The van der Waals surface area contributed by atoms with Crippen LogP contribution in [0.25, 0.3) is 0 Å². The number of fused-ring (bicyclic) bond motifs is 1. The average Bonchev–Trinajstić information content (AvgIpc) is 2.79. The third-order valence-corrected chi connectivity index (χ3v) is 5.68. The Balaban J connectivity index is 1.70. The maximum atomic E-state index is 12.8. The number of hydrogen-bond acceptors (Lipinski definition) is 5. The van der Waals surface area contributed by atoms with E-state index in [1.54, 1.807) is 0 Å². The molecule has 2 amide bonds. The molecule has 2 aliphatic rings. The summed E-state index contributed by atoms with van der Waals surface area (Å²) in [4.78, 5) is 27.6. The molecule has 1 atom stereocenters. The molecule has 0 saturated heterocycles. The maximum absolute atomic E-state index is 12.8. The highest BCUT2D eigenvalue weighted by Crippen LogP contribution is 2.34. The van der Waals surface area contributed by atoms with Crippen LogP contribution in [0.5, 0.6) is 5.75 Å². The van der Waals surface area contributed by atoms with Crippen LogP contribution in [-0.2, 0) is 22.5 Å². The van der Waals surface area contributed by atoms with Gasteiger partial charge in [0.15, 0.2) is 0 Å². The first kappa shape index (κ1) is 20.9. The van der Waals surface area contributed by atoms with Crippen LogP contribution in [0.4, 0.5) is 4.79 Å². The number of nitrogens with zero attached hydrogens (tertiary/aromatic N) is 1. The van der Waals surface area contributed by atoms with Crippen molar-refractivity contribution in [3.8, 4) is 5.75 Å². The molecule has 2 aromatic rings. The van der Waals surface area contributed by atoms with Crippen molar-refractivity contribution in [1.82, 2.24) is 15.5 Å². The standard InChI is InChI=1S/C24H27N3O4/c1-3-31-20-11-7-6-10-18(20)22-21(23(28)30-2)19(25-24(29)26-22)15-27-13-12-16-8-4-5-9-17(16)14-27/h4-11,22H,3,12-15H2,1-2H3,(H2,25,26,29)/t22-/m0/s1. The molecular formula is C24H27N3O4. The van der Waals surface area contributed by atoms with E-state index < -0.39 is 12.0 Å². The minimum Gasteiger partial charge on any atom is -0.494 e. The monoisotopic (exact) mass is 421 g/mol. The van der Waals surface area contributed by atoms with Crippen molar-refractivity contribution < 1.29 is 19.1 Å². The fraction of sp³-hybridized carbons (Fsp3) is 0.333. The van der Waals surface area contributed by atoms with Gasteiger partial charge in [0, 0.05) is 30.9 Å². The van der Waals surface area contributed by atoms with Gasteiger partial charge in [0.2, 0.25) is 0 Å². The van der Waals surface area contributed by atoms with Gasteiger partial charge >= 0.3 is 12.0 Å². The fourth-order valence-corrected chi connectivity index (χ4v) is 4.25. The number of benzene rings is 2. The molecule has 0 bridgehead atoms. The zero-order valence-corrected chi connectivity index (χ0v) is 17.8. The molecule has 0 aromatic heterocycles. The maximum Gasteiger partial charge on any atom is 0.338 e. The van der Waals surface area contributed by atoms with Crippen molar-refractivity contribution in [1.29, 1.82) is 0 Å². The zero-order valence-electron chi connectivity index (χ0n) is 17.8. The number of para-hydroxylation sites is 1. The Hall–Kier alpha value is -3.32. The van der Waals surface area contributed by atoms with Gasteiger partial charge in [-0.05, 0) is 30.5 Å². The molecule has 2 heterocycles. The molecular weight excluding hydrogens is 394 g/mol. The summed E-state index contributed by atoms with van der Waals surface area (Å²) in [7, 11) is 1.35. The predicted molar refractivity (Wildman–Crippen MR) is 116 cm³/mol. The molecule has 0 fully saturated rings. The van der Waals surface area contributed by atoms with E-state index in [1.165, 1.54) is 18.2 Å². The summed E-state index contributed by atoms with van der Waals surface area (Å²) >= 11 is 0. The zero-order chi connectivity index (χ0) is 21.8. The number of amides is 2. The lowest BCUT2D eigenvalue weighted by Crippen LogP contribution is -2.49. The molecule has 0 radical (unpaired) electrons. The molecule has 0 unspecified atom stereocenters. The van der Waals surface area contributed by atoms with Crippen LogP contribution in [0.2, 0.25) is 0 Å². The number of carbonyl (C=O) groups excluding carboxylic acids is 2. The number of urea groups is 1. The second-order valence-electron chi connectivity index (χ2n) is 7.62. The minimum atomic E-state index is -0.656. The molecule has 162 valence electrons. The second kappa shape index (κ2) is 9.22. The summed E-state index contributed by atoms with van der Waals surface area (Å²) in [6.07, 6.45) is 0.930. The number of ether oxygens (including phenoxy) is 2. The summed E-state index contributed by atoms with van der Waals surface area (Å²) in [6.45, 7) is 4.43. The van der Waals surface area contributed by atoms with Gasteiger partial charge in [-0.15, -0.1) is 0 Å². The molecule has 4 rings (SSSR count). The van der Waals surface area contributed by atoms with E-state index in [1.807, 2.05) is 37.3 Å². The third kappa shape index (κ3) is 4.41. The highest BCUT2D eigenvalue weighted by atomic mass is 16.5. The second-order valence-corrected chi connectivity index (χ2v) is 7.62. The quantitative estimate of drug-likeness (QED) is 0.701. The van der Waals surface area contributed by atoms with Crippen molar-refractivity contribution in [2.24, 2.45) is 0 Å². The number of esters is 1. The Morgan fingerprint density at radius 2 is 1.87 bits per heavy atom. The van der Waals surface area contributed by atoms with Crippen molar-refractivity contribution in [2.75, 3.05) is 26.8 Å².